The molecule has 168 valence electrons. The lowest BCUT2D eigenvalue weighted by atomic mass is 9.66. The van der Waals surface area contributed by atoms with Crippen molar-refractivity contribution in [3.8, 4) is 5.69 Å². The highest BCUT2D eigenvalue weighted by atomic mass is 16.5. The summed E-state index contributed by atoms with van der Waals surface area (Å²) >= 11 is 0. The predicted molar refractivity (Wildman–Crippen MR) is 122 cm³/mol. The highest BCUT2D eigenvalue weighted by molar-refractivity contribution is 6.20. The van der Waals surface area contributed by atoms with Crippen molar-refractivity contribution in [3.05, 3.63) is 60.3 Å². The lowest BCUT2D eigenvalue weighted by Gasteiger charge is -2.55. The summed E-state index contributed by atoms with van der Waals surface area (Å²) in [6.45, 7) is 4.42. The smallest absolute Gasteiger partial charge is 0.328 e. The van der Waals surface area contributed by atoms with E-state index in [-0.39, 0.29) is 18.6 Å². The van der Waals surface area contributed by atoms with Gasteiger partial charge in [0.2, 0.25) is 11.8 Å². The van der Waals surface area contributed by atoms with Gasteiger partial charge in [-0.05, 0) is 61.5 Å². The standard InChI is InChI=1S/C25H24N4O4/c1-14-13-29-20-8-7-18(28-10-9-16-5-3-4-6-19(16)28)11-17(20)12-25(21(29)15(2)33-14)22(30)26-24(32)27-23(25)31/h3-11,14-15,21H,12-13H2,1-2H3,(H2,26,27,30,31,32)/t14-,15+,21-/m1/s1. The number of ether oxygens (including phenoxy) is 1. The number of hydrogen-bond donors (Lipinski definition) is 2. The van der Waals surface area contributed by atoms with Crippen LogP contribution in [0.2, 0.25) is 0 Å². The number of carbonyl (C=O) groups is 3. The highest BCUT2D eigenvalue weighted by Gasteiger charge is 2.62. The number of morpholine rings is 1. The summed E-state index contributed by atoms with van der Waals surface area (Å²) in [6, 6.07) is 15.1. The van der Waals surface area contributed by atoms with Gasteiger partial charge in [-0.3, -0.25) is 20.2 Å². The Labute approximate surface area is 190 Å². The number of imide groups is 2. The summed E-state index contributed by atoms with van der Waals surface area (Å²) in [5.74, 6) is -1.14. The number of fused-ring (bicyclic) bond motifs is 5. The Morgan fingerprint density at radius 2 is 1.76 bits per heavy atom. The first kappa shape index (κ1) is 20.0. The Morgan fingerprint density at radius 3 is 2.55 bits per heavy atom. The molecule has 0 unspecified atom stereocenters. The first-order valence-electron chi connectivity index (χ1n) is 11.2. The summed E-state index contributed by atoms with van der Waals surface area (Å²) < 4.78 is 8.16. The minimum absolute atomic E-state index is 0.0661. The average Bonchev–Trinajstić information content (AvgIpc) is 3.21. The maximum atomic E-state index is 13.3. The fourth-order valence-corrected chi connectivity index (χ4v) is 5.89. The normalized spacial score (nSPS) is 26.1. The van der Waals surface area contributed by atoms with Crippen LogP contribution in [0, 0.1) is 5.41 Å². The second kappa shape index (κ2) is 6.92. The number of para-hydroxylation sites is 1. The van der Waals surface area contributed by atoms with Crippen molar-refractivity contribution in [2.24, 2.45) is 5.41 Å². The molecule has 33 heavy (non-hydrogen) atoms. The fourth-order valence-electron chi connectivity index (χ4n) is 5.89. The highest BCUT2D eigenvalue weighted by Crippen LogP contribution is 2.47. The maximum absolute atomic E-state index is 13.3. The van der Waals surface area contributed by atoms with Crippen molar-refractivity contribution in [2.45, 2.75) is 38.5 Å². The second-order valence-corrected chi connectivity index (χ2v) is 9.19. The van der Waals surface area contributed by atoms with E-state index in [1.54, 1.807) is 0 Å². The SMILES string of the molecule is C[C@@H]1CN2c3ccc(-n4ccc5ccccc54)cc3CC3(C(=O)NC(=O)NC3=O)[C@H]2[C@H](C)O1. The van der Waals surface area contributed by atoms with Crippen LogP contribution in [0.1, 0.15) is 19.4 Å². The molecule has 0 radical (unpaired) electrons. The van der Waals surface area contributed by atoms with Crippen molar-refractivity contribution < 1.29 is 19.1 Å². The molecule has 3 aliphatic rings. The molecule has 0 aliphatic carbocycles. The maximum Gasteiger partial charge on any atom is 0.328 e. The number of barbiturate groups is 1. The number of carbonyl (C=O) groups excluding carboxylic acids is 3. The molecule has 3 atom stereocenters. The van der Waals surface area contributed by atoms with Crippen molar-refractivity contribution in [1.29, 1.82) is 0 Å². The topological polar surface area (TPSA) is 92.7 Å². The summed E-state index contributed by atoms with van der Waals surface area (Å²) in [5, 5.41) is 5.80. The number of hydrogen-bond acceptors (Lipinski definition) is 5. The molecule has 8 heteroatoms. The summed E-state index contributed by atoms with van der Waals surface area (Å²) in [6.07, 6.45) is 1.76. The quantitative estimate of drug-likeness (QED) is 0.563. The first-order valence-corrected chi connectivity index (χ1v) is 11.2. The van der Waals surface area contributed by atoms with Crippen LogP contribution >= 0.6 is 0 Å². The van der Waals surface area contributed by atoms with Crippen molar-refractivity contribution >= 4 is 34.4 Å². The van der Waals surface area contributed by atoms with Gasteiger partial charge in [0.25, 0.3) is 0 Å². The van der Waals surface area contributed by atoms with E-state index in [2.05, 4.69) is 50.4 Å². The molecule has 2 N–H and O–H groups in total. The number of rotatable bonds is 1. The van der Waals surface area contributed by atoms with Crippen LogP contribution in [0.3, 0.4) is 0 Å². The van der Waals surface area contributed by atoms with E-state index in [0.29, 0.717) is 6.54 Å². The van der Waals surface area contributed by atoms with E-state index >= 15 is 0 Å². The molecule has 3 aromatic rings. The fraction of sp³-hybridized carbons (Fsp3) is 0.320. The number of nitrogens with one attached hydrogen (secondary N) is 2. The van der Waals surface area contributed by atoms with Crippen LogP contribution in [-0.4, -0.2) is 47.2 Å². The number of anilines is 1. The molecule has 8 nitrogen and oxygen atoms in total. The van der Waals surface area contributed by atoms with Crippen LogP contribution < -0.4 is 15.5 Å². The average molecular weight is 444 g/mol. The van der Waals surface area contributed by atoms with Crippen LogP contribution in [-0.2, 0) is 20.7 Å². The number of aromatic nitrogens is 1. The second-order valence-electron chi connectivity index (χ2n) is 9.19. The van der Waals surface area contributed by atoms with Crippen LogP contribution in [0.4, 0.5) is 10.5 Å². The van der Waals surface area contributed by atoms with E-state index in [0.717, 1.165) is 27.8 Å². The summed E-state index contributed by atoms with van der Waals surface area (Å²) in [4.78, 5) is 40.6. The van der Waals surface area contributed by atoms with Crippen molar-refractivity contribution in [1.82, 2.24) is 15.2 Å². The Kier molecular flexibility index (Phi) is 4.19. The lowest BCUT2D eigenvalue weighted by molar-refractivity contribution is -0.153. The monoisotopic (exact) mass is 444 g/mol. The van der Waals surface area contributed by atoms with Crippen LogP contribution in [0.15, 0.2) is 54.7 Å². The molecule has 1 aromatic heterocycles. The number of nitrogens with zero attached hydrogens (tertiary/aromatic N) is 2. The molecule has 0 bridgehead atoms. The number of amides is 4. The third-order valence-electron chi connectivity index (χ3n) is 7.17. The molecule has 2 aromatic carbocycles. The Bertz CT molecular complexity index is 1310. The lowest BCUT2D eigenvalue weighted by Crippen LogP contribution is -2.75. The Hall–Kier alpha value is -3.65. The Morgan fingerprint density at radius 1 is 1.00 bits per heavy atom. The van der Waals surface area contributed by atoms with Gasteiger partial charge in [0, 0.05) is 24.1 Å². The summed E-state index contributed by atoms with van der Waals surface area (Å²) in [7, 11) is 0. The van der Waals surface area contributed by atoms with E-state index < -0.39 is 29.3 Å². The minimum Gasteiger partial charge on any atom is -0.372 e. The molecular formula is C25H24N4O4. The zero-order valence-corrected chi connectivity index (χ0v) is 18.4. The van der Waals surface area contributed by atoms with Gasteiger partial charge in [-0.1, -0.05) is 18.2 Å². The molecule has 6 rings (SSSR count). The van der Waals surface area contributed by atoms with Crippen LogP contribution in [0.5, 0.6) is 0 Å². The van der Waals surface area contributed by atoms with Gasteiger partial charge >= 0.3 is 6.03 Å². The minimum atomic E-state index is -1.46. The van der Waals surface area contributed by atoms with Gasteiger partial charge in [-0.25, -0.2) is 4.79 Å². The molecule has 4 heterocycles. The third-order valence-corrected chi connectivity index (χ3v) is 7.17. The van der Waals surface area contributed by atoms with Gasteiger partial charge in [0.15, 0.2) is 5.41 Å². The summed E-state index contributed by atoms with van der Waals surface area (Å²) in [5.41, 5.74) is 2.45. The Balaban J connectivity index is 1.53. The van der Waals surface area contributed by atoms with Crippen LogP contribution in [0.25, 0.3) is 16.6 Å². The number of benzene rings is 2. The van der Waals surface area contributed by atoms with Gasteiger partial charge in [0.1, 0.15) is 0 Å². The molecule has 0 saturated carbocycles. The molecular weight excluding hydrogens is 420 g/mol. The number of urea groups is 1. The molecule has 3 aliphatic heterocycles. The van der Waals surface area contributed by atoms with Crippen molar-refractivity contribution in [3.63, 3.8) is 0 Å². The molecule has 4 amide bonds. The molecule has 1 spiro atoms. The zero-order valence-electron chi connectivity index (χ0n) is 18.4. The zero-order chi connectivity index (χ0) is 22.9. The molecule has 2 fully saturated rings. The van der Waals surface area contributed by atoms with Gasteiger partial charge in [-0.15, -0.1) is 0 Å². The molecule has 2 saturated heterocycles. The van der Waals surface area contributed by atoms with Crippen molar-refractivity contribution in [2.75, 3.05) is 11.4 Å². The predicted octanol–water partition coefficient (Wildman–Crippen LogP) is 2.52. The van der Waals surface area contributed by atoms with E-state index in [1.165, 1.54) is 0 Å². The first-order chi connectivity index (χ1) is 15.9. The third kappa shape index (κ3) is 2.77. The largest absolute Gasteiger partial charge is 0.372 e. The van der Waals surface area contributed by atoms with E-state index in [9.17, 15) is 14.4 Å². The van der Waals surface area contributed by atoms with E-state index in [1.807, 2.05) is 38.2 Å². The van der Waals surface area contributed by atoms with Gasteiger partial charge in [0.05, 0.1) is 23.8 Å². The van der Waals surface area contributed by atoms with Gasteiger partial charge in [-0.2, -0.15) is 0 Å². The van der Waals surface area contributed by atoms with E-state index in [4.69, 9.17) is 4.74 Å². The van der Waals surface area contributed by atoms with Gasteiger partial charge < -0.3 is 14.2 Å².